The molecule has 8 heteroatoms. The van der Waals surface area contributed by atoms with Crippen LogP contribution in [0.1, 0.15) is 61.9 Å². The van der Waals surface area contributed by atoms with E-state index in [1.807, 2.05) is 6.07 Å². The molecule has 2 aliphatic carbocycles. The van der Waals surface area contributed by atoms with Crippen LogP contribution in [-0.2, 0) is 16.1 Å². The van der Waals surface area contributed by atoms with Gasteiger partial charge in [0.1, 0.15) is 23.0 Å². The van der Waals surface area contributed by atoms with Crippen molar-refractivity contribution in [2.75, 3.05) is 46.9 Å². The molecule has 0 amide bonds. The lowest BCUT2D eigenvalue weighted by molar-refractivity contribution is -0.144. The molecule has 2 saturated heterocycles. The third-order valence-corrected chi connectivity index (χ3v) is 9.38. The van der Waals surface area contributed by atoms with Crippen molar-refractivity contribution in [3.63, 3.8) is 0 Å². The molecule has 8 nitrogen and oxygen atoms in total. The topological polar surface area (TPSA) is 88.5 Å². The molecule has 202 valence electrons. The van der Waals surface area contributed by atoms with E-state index < -0.39 is 17.6 Å². The first kappa shape index (κ1) is 26.2. The minimum Gasteiger partial charge on any atom is -0.497 e. The number of rotatable bonds is 7. The monoisotopic (exact) mass is 512 g/mol. The molecule has 4 atom stereocenters. The summed E-state index contributed by atoms with van der Waals surface area (Å²) in [6.45, 7) is 8.69. The number of hydrogen-bond acceptors (Lipinski definition) is 8. The fourth-order valence-electron chi connectivity index (χ4n) is 7.17. The van der Waals surface area contributed by atoms with Gasteiger partial charge in [-0.2, -0.15) is 0 Å². The summed E-state index contributed by atoms with van der Waals surface area (Å²) >= 11 is 0. The van der Waals surface area contributed by atoms with Crippen LogP contribution in [0.3, 0.4) is 0 Å². The van der Waals surface area contributed by atoms with Crippen molar-refractivity contribution in [1.82, 2.24) is 9.80 Å². The summed E-state index contributed by atoms with van der Waals surface area (Å²) in [6, 6.07) is 3.62. The number of ether oxygens (including phenoxy) is 3. The molecule has 2 aliphatic heterocycles. The Kier molecular flexibility index (Phi) is 7.11. The predicted molar refractivity (Wildman–Crippen MR) is 139 cm³/mol. The Morgan fingerprint density at radius 1 is 1.11 bits per heavy atom. The van der Waals surface area contributed by atoms with Gasteiger partial charge in [0.25, 0.3) is 0 Å². The van der Waals surface area contributed by atoms with Crippen molar-refractivity contribution >= 4 is 12.3 Å². The van der Waals surface area contributed by atoms with E-state index in [2.05, 4.69) is 23.6 Å². The fraction of sp³-hybridized carbons (Fsp3) is 0.655. The van der Waals surface area contributed by atoms with Gasteiger partial charge in [0.05, 0.1) is 19.8 Å². The van der Waals surface area contributed by atoms with Crippen LogP contribution in [0.2, 0.25) is 0 Å². The van der Waals surface area contributed by atoms with Crippen molar-refractivity contribution in [1.29, 1.82) is 0 Å². The Morgan fingerprint density at radius 3 is 2.51 bits per heavy atom. The smallest absolute Gasteiger partial charge is 0.314 e. The quantitative estimate of drug-likeness (QED) is 0.339. The second-order valence-corrected chi connectivity index (χ2v) is 11.6. The Labute approximate surface area is 219 Å². The lowest BCUT2D eigenvalue weighted by Crippen LogP contribution is -2.56. The van der Waals surface area contributed by atoms with E-state index in [1.54, 1.807) is 20.3 Å². The summed E-state index contributed by atoms with van der Waals surface area (Å²) in [7, 11) is 3.15. The Morgan fingerprint density at radius 2 is 1.84 bits per heavy atom. The fourth-order valence-corrected chi connectivity index (χ4v) is 7.17. The van der Waals surface area contributed by atoms with Gasteiger partial charge >= 0.3 is 5.97 Å². The first-order valence-electron chi connectivity index (χ1n) is 13.5. The zero-order valence-electron chi connectivity index (χ0n) is 22.5. The normalized spacial score (nSPS) is 32.5. The molecule has 1 aromatic carbocycles. The van der Waals surface area contributed by atoms with Crippen LogP contribution in [0.4, 0.5) is 0 Å². The lowest BCUT2D eigenvalue weighted by atomic mass is 9.58. The molecular formula is C29H40N2O6. The predicted octanol–water partition coefficient (Wildman–Crippen LogP) is 3.21. The van der Waals surface area contributed by atoms with Crippen molar-refractivity contribution < 1.29 is 28.9 Å². The number of aliphatic hydroxyl groups is 1. The summed E-state index contributed by atoms with van der Waals surface area (Å²) in [4.78, 5) is 29.4. The molecule has 2 heterocycles. The van der Waals surface area contributed by atoms with Gasteiger partial charge in [-0.3, -0.25) is 19.4 Å². The number of carbonyl (C=O) groups is 2. The lowest BCUT2D eigenvalue weighted by Gasteiger charge is -2.49. The number of nitrogens with zero attached hydrogens (tertiary/aromatic N) is 2. The van der Waals surface area contributed by atoms with Crippen LogP contribution < -0.4 is 9.47 Å². The van der Waals surface area contributed by atoms with Gasteiger partial charge in [-0.1, -0.05) is 12.5 Å². The summed E-state index contributed by atoms with van der Waals surface area (Å²) in [5.74, 6) is 0.382. The van der Waals surface area contributed by atoms with E-state index in [0.29, 0.717) is 36.6 Å². The third-order valence-electron chi connectivity index (χ3n) is 9.38. The summed E-state index contributed by atoms with van der Waals surface area (Å²) in [6.07, 6.45) is 5.12. The molecule has 3 fully saturated rings. The second-order valence-electron chi connectivity index (χ2n) is 11.6. The number of piperazine rings is 1. The summed E-state index contributed by atoms with van der Waals surface area (Å²) < 4.78 is 16.7. The van der Waals surface area contributed by atoms with Crippen LogP contribution in [0.5, 0.6) is 11.5 Å². The van der Waals surface area contributed by atoms with Crippen molar-refractivity contribution in [3.05, 3.63) is 34.4 Å². The van der Waals surface area contributed by atoms with E-state index in [0.717, 1.165) is 63.7 Å². The molecular weight excluding hydrogens is 472 g/mol. The van der Waals surface area contributed by atoms with Crippen LogP contribution in [-0.4, -0.2) is 85.8 Å². The van der Waals surface area contributed by atoms with E-state index >= 15 is 0 Å². The van der Waals surface area contributed by atoms with Gasteiger partial charge in [-0.15, -0.1) is 0 Å². The molecule has 37 heavy (non-hydrogen) atoms. The largest absolute Gasteiger partial charge is 0.497 e. The van der Waals surface area contributed by atoms with Crippen LogP contribution in [0.25, 0.3) is 0 Å². The van der Waals surface area contributed by atoms with E-state index in [-0.39, 0.29) is 11.4 Å². The Hall–Kier alpha value is -2.42. The van der Waals surface area contributed by atoms with Gasteiger partial charge < -0.3 is 19.3 Å². The van der Waals surface area contributed by atoms with Gasteiger partial charge in [0, 0.05) is 45.3 Å². The molecule has 0 spiro atoms. The maximum Gasteiger partial charge on any atom is 0.314 e. The number of aldehydes is 1. The maximum atomic E-state index is 13.1. The van der Waals surface area contributed by atoms with Gasteiger partial charge in [0.2, 0.25) is 0 Å². The zero-order chi connectivity index (χ0) is 26.4. The molecule has 5 rings (SSSR count). The summed E-state index contributed by atoms with van der Waals surface area (Å²) in [5, 5.41) is 11.9. The third kappa shape index (κ3) is 4.57. The van der Waals surface area contributed by atoms with Crippen molar-refractivity contribution in [3.8, 4) is 11.5 Å². The minimum absolute atomic E-state index is 0.0309. The van der Waals surface area contributed by atoms with Crippen molar-refractivity contribution in [2.24, 2.45) is 11.3 Å². The number of hydrogen-bond donors (Lipinski definition) is 1. The molecule has 1 saturated carbocycles. The number of carbonyl (C=O) groups excluding carboxylic acids is 2. The summed E-state index contributed by atoms with van der Waals surface area (Å²) in [5.41, 5.74) is 2.80. The standard InChI is InChI=1S/C29H40N2O6/c1-19-6-5-7-28(2)8-9-29(34)23(27(33)37-26(29)25(19)28)17-31-12-10-30(11-13-31)16-20-14-21(35-3)15-24(36-4)22(20)18-32/h14-15,18,23,26,34H,5-13,16-17H2,1-4H3/t23?,26-,28+,29?/m0/s1. The molecule has 2 unspecified atom stereocenters. The van der Waals surface area contributed by atoms with E-state index in [9.17, 15) is 14.7 Å². The number of methoxy groups -OCH3 is 2. The highest BCUT2D eigenvalue weighted by molar-refractivity contribution is 5.82. The second kappa shape index (κ2) is 10.0. The minimum atomic E-state index is -1.13. The highest BCUT2D eigenvalue weighted by atomic mass is 16.6. The average molecular weight is 513 g/mol. The number of esters is 1. The average Bonchev–Trinajstić information content (AvgIpc) is 3.13. The van der Waals surface area contributed by atoms with Gasteiger partial charge in [-0.25, -0.2) is 0 Å². The zero-order valence-corrected chi connectivity index (χ0v) is 22.5. The van der Waals surface area contributed by atoms with Gasteiger partial charge in [-0.05, 0) is 61.6 Å². The first-order valence-corrected chi connectivity index (χ1v) is 13.5. The molecule has 1 N–H and O–H groups in total. The Balaban J connectivity index is 1.25. The highest BCUT2D eigenvalue weighted by Gasteiger charge is 2.63. The molecule has 4 aliphatic rings. The van der Waals surface area contributed by atoms with Crippen LogP contribution in [0.15, 0.2) is 23.3 Å². The van der Waals surface area contributed by atoms with Crippen molar-refractivity contribution in [2.45, 2.75) is 64.2 Å². The number of fused-ring (bicyclic) bond motifs is 3. The molecule has 0 radical (unpaired) electrons. The number of benzene rings is 1. The van der Waals surface area contributed by atoms with E-state index in [4.69, 9.17) is 14.2 Å². The van der Waals surface area contributed by atoms with Gasteiger partial charge in [0.15, 0.2) is 12.4 Å². The first-order chi connectivity index (χ1) is 17.7. The molecule has 0 bridgehead atoms. The Bertz CT molecular complexity index is 1090. The SMILES string of the molecule is COc1cc(CN2CCN(CC3C(=O)O[C@H]4C5=C(C)CCC[C@]5(C)CCC34O)CC2)c(C=O)c(OC)c1. The number of allylic oxidation sites excluding steroid dienone is 1. The highest BCUT2D eigenvalue weighted by Crippen LogP contribution is 2.57. The van der Waals surface area contributed by atoms with Crippen LogP contribution >= 0.6 is 0 Å². The maximum absolute atomic E-state index is 13.1. The van der Waals surface area contributed by atoms with E-state index in [1.165, 1.54) is 11.1 Å². The molecule has 1 aromatic rings. The van der Waals surface area contributed by atoms with Crippen LogP contribution in [0, 0.1) is 11.3 Å². The molecule has 0 aromatic heterocycles.